The summed E-state index contributed by atoms with van der Waals surface area (Å²) in [6.45, 7) is 0. The van der Waals surface area contributed by atoms with Crippen molar-refractivity contribution in [2.75, 3.05) is 0 Å². The average molecular weight is 180 g/mol. The minimum Gasteiger partial charge on any atom is -0.481 e. The number of rotatable bonds is 3. The molecule has 0 heterocycles. The molecular weight excluding hydrogens is 164 g/mol. The maximum Gasteiger partial charge on any atom is 0.303 e. The quantitative estimate of drug-likeness (QED) is 0.677. The number of allylic oxidation sites excluding steroid dienone is 2. The van der Waals surface area contributed by atoms with Gasteiger partial charge in [-0.2, -0.15) is 0 Å². The van der Waals surface area contributed by atoms with E-state index in [4.69, 9.17) is 5.11 Å². The van der Waals surface area contributed by atoms with Crippen LogP contribution in [0.15, 0.2) is 12.2 Å². The fourth-order valence-electron chi connectivity index (χ4n) is 2.69. The van der Waals surface area contributed by atoms with Crippen LogP contribution in [0.2, 0.25) is 0 Å². The number of fused-ring (bicyclic) bond motifs is 2. The third kappa shape index (κ3) is 1.93. The van der Waals surface area contributed by atoms with Gasteiger partial charge in [-0.1, -0.05) is 12.2 Å². The first kappa shape index (κ1) is 8.79. The molecule has 3 aliphatic carbocycles. The zero-order chi connectivity index (χ0) is 9.26. The average Bonchev–Trinajstić information content (AvgIpc) is 2.17. The van der Waals surface area contributed by atoms with E-state index in [1.807, 2.05) is 0 Å². The van der Waals surface area contributed by atoms with Crippen LogP contribution in [0.3, 0.4) is 0 Å². The molecule has 0 aromatic carbocycles. The summed E-state index contributed by atoms with van der Waals surface area (Å²) in [5.41, 5.74) is 0. The summed E-state index contributed by atoms with van der Waals surface area (Å²) in [4.78, 5) is 10.4. The Bertz CT molecular complexity index is 232. The maximum absolute atomic E-state index is 10.4. The Morgan fingerprint density at radius 2 is 2.23 bits per heavy atom. The predicted molar refractivity (Wildman–Crippen MR) is 50.3 cm³/mol. The van der Waals surface area contributed by atoms with Crippen LogP contribution in [-0.2, 0) is 4.79 Å². The van der Waals surface area contributed by atoms with Crippen molar-refractivity contribution in [3.8, 4) is 0 Å². The molecule has 2 bridgehead atoms. The standard InChI is InChI=1S/C11H16O2/c12-11(13)6-5-10-7-8-1-3-9(10)4-2-8/h1,3,8-10H,2,4-7H2,(H,12,13)/t8-,9-,10+/m0/s1. The summed E-state index contributed by atoms with van der Waals surface area (Å²) in [7, 11) is 0. The third-order valence-electron chi connectivity index (χ3n) is 3.44. The molecule has 3 aliphatic rings. The predicted octanol–water partition coefficient (Wildman–Crippen LogP) is 2.45. The second-order valence-corrected chi connectivity index (χ2v) is 4.31. The van der Waals surface area contributed by atoms with Gasteiger partial charge in [-0.05, 0) is 43.4 Å². The highest BCUT2D eigenvalue weighted by Gasteiger charge is 2.31. The number of carbonyl (C=O) groups is 1. The van der Waals surface area contributed by atoms with Gasteiger partial charge in [0.05, 0.1) is 0 Å². The van der Waals surface area contributed by atoms with E-state index in [-0.39, 0.29) is 0 Å². The fraction of sp³-hybridized carbons (Fsp3) is 0.727. The van der Waals surface area contributed by atoms with Crippen LogP contribution < -0.4 is 0 Å². The Hall–Kier alpha value is -0.790. The van der Waals surface area contributed by atoms with Gasteiger partial charge in [0.15, 0.2) is 0 Å². The number of carboxylic acid groups (broad SMARTS) is 1. The van der Waals surface area contributed by atoms with Gasteiger partial charge in [-0.25, -0.2) is 0 Å². The van der Waals surface area contributed by atoms with Crippen molar-refractivity contribution >= 4 is 5.97 Å². The Labute approximate surface area is 78.6 Å². The van der Waals surface area contributed by atoms with E-state index in [1.54, 1.807) is 0 Å². The van der Waals surface area contributed by atoms with E-state index >= 15 is 0 Å². The molecule has 0 spiro atoms. The first-order valence-corrected chi connectivity index (χ1v) is 5.16. The highest BCUT2D eigenvalue weighted by atomic mass is 16.4. The van der Waals surface area contributed by atoms with E-state index in [1.165, 1.54) is 19.3 Å². The van der Waals surface area contributed by atoms with Gasteiger partial charge in [-0.3, -0.25) is 4.79 Å². The molecular formula is C11H16O2. The van der Waals surface area contributed by atoms with Gasteiger partial charge in [-0.15, -0.1) is 0 Å². The van der Waals surface area contributed by atoms with Gasteiger partial charge >= 0.3 is 5.97 Å². The highest BCUT2D eigenvalue weighted by molar-refractivity contribution is 5.66. The third-order valence-corrected chi connectivity index (χ3v) is 3.44. The molecule has 2 heteroatoms. The second-order valence-electron chi connectivity index (χ2n) is 4.31. The van der Waals surface area contributed by atoms with Gasteiger partial charge in [0, 0.05) is 6.42 Å². The van der Waals surface area contributed by atoms with Gasteiger partial charge in [0.1, 0.15) is 0 Å². The SMILES string of the molecule is O=C(O)CC[C@@H]1C[C@H]2C=C[C@H]1CC2. The molecule has 3 atom stereocenters. The molecule has 1 N–H and O–H groups in total. The summed E-state index contributed by atoms with van der Waals surface area (Å²) < 4.78 is 0. The first-order chi connectivity index (χ1) is 6.25. The fourth-order valence-corrected chi connectivity index (χ4v) is 2.69. The Balaban J connectivity index is 1.88. The van der Waals surface area contributed by atoms with E-state index in [0.717, 1.165) is 12.3 Å². The molecule has 3 rings (SSSR count). The van der Waals surface area contributed by atoms with Crippen molar-refractivity contribution in [3.63, 3.8) is 0 Å². The highest BCUT2D eigenvalue weighted by Crippen LogP contribution is 2.42. The molecule has 0 aromatic rings. The molecule has 1 saturated carbocycles. The van der Waals surface area contributed by atoms with E-state index in [2.05, 4.69) is 12.2 Å². The van der Waals surface area contributed by atoms with Crippen LogP contribution in [0.1, 0.15) is 32.1 Å². The van der Waals surface area contributed by atoms with E-state index in [0.29, 0.717) is 18.3 Å². The van der Waals surface area contributed by atoms with E-state index < -0.39 is 5.97 Å². The molecule has 0 amide bonds. The van der Waals surface area contributed by atoms with Crippen LogP contribution in [0.25, 0.3) is 0 Å². The molecule has 0 unspecified atom stereocenters. The summed E-state index contributed by atoms with van der Waals surface area (Å²) in [6.07, 6.45) is 9.70. The van der Waals surface area contributed by atoms with Crippen LogP contribution in [0, 0.1) is 17.8 Å². The summed E-state index contributed by atoms with van der Waals surface area (Å²) >= 11 is 0. The lowest BCUT2D eigenvalue weighted by Gasteiger charge is -2.37. The van der Waals surface area contributed by atoms with Crippen molar-refractivity contribution in [2.24, 2.45) is 17.8 Å². The normalized spacial score (nSPS) is 36.5. The molecule has 1 fully saturated rings. The van der Waals surface area contributed by atoms with E-state index in [9.17, 15) is 4.79 Å². The largest absolute Gasteiger partial charge is 0.481 e. The maximum atomic E-state index is 10.4. The Kier molecular flexibility index (Phi) is 2.38. The molecule has 72 valence electrons. The lowest BCUT2D eigenvalue weighted by atomic mass is 9.68. The van der Waals surface area contributed by atoms with Gasteiger partial charge < -0.3 is 5.11 Å². The second kappa shape index (κ2) is 3.52. The summed E-state index contributed by atoms with van der Waals surface area (Å²) in [6, 6.07) is 0. The van der Waals surface area contributed by atoms with Crippen molar-refractivity contribution in [1.29, 1.82) is 0 Å². The molecule has 0 radical (unpaired) electrons. The van der Waals surface area contributed by atoms with Crippen molar-refractivity contribution in [2.45, 2.75) is 32.1 Å². The van der Waals surface area contributed by atoms with Crippen LogP contribution in [-0.4, -0.2) is 11.1 Å². The number of hydrogen-bond acceptors (Lipinski definition) is 1. The lowest BCUT2D eigenvalue weighted by molar-refractivity contribution is -0.137. The molecule has 0 saturated heterocycles. The Morgan fingerprint density at radius 1 is 1.38 bits per heavy atom. The van der Waals surface area contributed by atoms with Crippen LogP contribution in [0.5, 0.6) is 0 Å². The topological polar surface area (TPSA) is 37.3 Å². The minimum absolute atomic E-state index is 0.349. The van der Waals surface area contributed by atoms with Crippen molar-refractivity contribution in [3.05, 3.63) is 12.2 Å². The number of aliphatic carboxylic acids is 1. The zero-order valence-corrected chi connectivity index (χ0v) is 7.78. The Morgan fingerprint density at radius 3 is 2.69 bits per heavy atom. The smallest absolute Gasteiger partial charge is 0.303 e. The van der Waals surface area contributed by atoms with Gasteiger partial charge in [0.25, 0.3) is 0 Å². The molecule has 0 aliphatic heterocycles. The number of hydrogen-bond donors (Lipinski definition) is 1. The summed E-state index contributed by atoms with van der Waals surface area (Å²) in [5.74, 6) is 1.44. The van der Waals surface area contributed by atoms with Crippen LogP contribution >= 0.6 is 0 Å². The van der Waals surface area contributed by atoms with Gasteiger partial charge in [0.2, 0.25) is 0 Å². The van der Waals surface area contributed by atoms with Crippen LogP contribution in [0.4, 0.5) is 0 Å². The molecule has 0 aromatic heterocycles. The number of carboxylic acids is 1. The molecule has 13 heavy (non-hydrogen) atoms. The molecule has 2 nitrogen and oxygen atoms in total. The van der Waals surface area contributed by atoms with Crippen molar-refractivity contribution < 1.29 is 9.90 Å². The first-order valence-electron chi connectivity index (χ1n) is 5.16. The summed E-state index contributed by atoms with van der Waals surface area (Å²) in [5, 5.41) is 8.60. The minimum atomic E-state index is -0.648. The van der Waals surface area contributed by atoms with Crippen molar-refractivity contribution in [1.82, 2.24) is 0 Å². The monoisotopic (exact) mass is 180 g/mol. The lowest BCUT2D eigenvalue weighted by Crippen LogP contribution is -2.27. The zero-order valence-electron chi connectivity index (χ0n) is 7.78.